The Morgan fingerprint density at radius 3 is 2.69 bits per heavy atom. The summed E-state index contributed by atoms with van der Waals surface area (Å²) in [6.07, 6.45) is 4.72. The van der Waals surface area contributed by atoms with Gasteiger partial charge in [0.15, 0.2) is 0 Å². The lowest BCUT2D eigenvalue weighted by atomic mass is 10.0. The Bertz CT molecular complexity index is 185. The van der Waals surface area contributed by atoms with E-state index in [1.807, 2.05) is 6.92 Å². The molecule has 0 radical (unpaired) electrons. The third-order valence-electron chi connectivity index (χ3n) is 1.75. The summed E-state index contributed by atoms with van der Waals surface area (Å²) in [5.74, 6) is -0.154. The minimum absolute atomic E-state index is 0.154. The fraction of sp³-hybridized carbons (Fsp3) is 0.700. The van der Waals surface area contributed by atoms with Crippen LogP contribution >= 0.6 is 0 Å². The Labute approximate surface area is 79.8 Å². The molecule has 1 amide bonds. The summed E-state index contributed by atoms with van der Waals surface area (Å²) in [6.45, 7) is 5.82. The van der Waals surface area contributed by atoms with E-state index in [0.29, 0.717) is 13.0 Å². The van der Waals surface area contributed by atoms with E-state index < -0.39 is 5.60 Å². The van der Waals surface area contributed by atoms with Gasteiger partial charge < -0.3 is 10.4 Å². The second-order valence-corrected chi connectivity index (χ2v) is 3.46. The summed E-state index contributed by atoms with van der Waals surface area (Å²) < 4.78 is 0. The normalized spacial score (nSPS) is 15.7. The molecule has 0 saturated heterocycles. The number of nitrogens with one attached hydrogen (secondary N) is 1. The lowest BCUT2D eigenvalue weighted by Gasteiger charge is -2.22. The van der Waals surface area contributed by atoms with E-state index in [2.05, 4.69) is 5.32 Å². The first-order valence-electron chi connectivity index (χ1n) is 4.64. The number of carbonyl (C=O) groups is 1. The van der Waals surface area contributed by atoms with Crippen LogP contribution in [0.2, 0.25) is 0 Å². The average Bonchev–Trinajstić information content (AvgIpc) is 2.02. The van der Waals surface area contributed by atoms with Crippen molar-refractivity contribution in [3.63, 3.8) is 0 Å². The molecule has 76 valence electrons. The van der Waals surface area contributed by atoms with Crippen molar-refractivity contribution in [3.05, 3.63) is 12.2 Å². The fourth-order valence-corrected chi connectivity index (χ4v) is 1.11. The molecule has 0 spiro atoms. The van der Waals surface area contributed by atoms with Crippen LogP contribution in [-0.4, -0.2) is 23.2 Å². The number of allylic oxidation sites excluding steroid dienone is 1. The molecule has 0 rings (SSSR count). The third kappa shape index (κ3) is 6.34. The van der Waals surface area contributed by atoms with Crippen molar-refractivity contribution in [3.8, 4) is 0 Å². The zero-order chi connectivity index (χ0) is 10.3. The van der Waals surface area contributed by atoms with Crippen molar-refractivity contribution >= 4 is 5.91 Å². The Hall–Kier alpha value is -0.830. The number of aliphatic hydroxyl groups is 1. The maximum Gasteiger partial charge on any atom is 0.243 e. The van der Waals surface area contributed by atoms with E-state index in [1.54, 1.807) is 19.9 Å². The molecule has 3 nitrogen and oxygen atoms in total. The number of rotatable bonds is 5. The highest BCUT2D eigenvalue weighted by Crippen LogP contribution is 2.09. The van der Waals surface area contributed by atoms with Gasteiger partial charge in [-0.05, 0) is 26.3 Å². The predicted molar refractivity (Wildman–Crippen MR) is 53.4 cm³/mol. The highest BCUT2D eigenvalue weighted by molar-refractivity contribution is 5.87. The van der Waals surface area contributed by atoms with Gasteiger partial charge in [0.2, 0.25) is 5.91 Å². The van der Waals surface area contributed by atoms with Crippen LogP contribution in [0.5, 0.6) is 0 Å². The molecule has 0 aromatic rings. The van der Waals surface area contributed by atoms with E-state index in [0.717, 1.165) is 6.42 Å². The molecule has 0 aromatic carbocycles. The van der Waals surface area contributed by atoms with Gasteiger partial charge in [-0.1, -0.05) is 19.4 Å². The SMILES string of the molecule is C/C=C/C(=O)NCC(C)(O)CCC. The summed E-state index contributed by atoms with van der Waals surface area (Å²) in [5, 5.41) is 12.3. The quantitative estimate of drug-likeness (QED) is 0.633. The molecule has 2 N–H and O–H groups in total. The largest absolute Gasteiger partial charge is 0.388 e. The summed E-state index contributed by atoms with van der Waals surface area (Å²) in [4.78, 5) is 11.0. The first kappa shape index (κ1) is 12.2. The molecule has 1 atom stereocenters. The highest BCUT2D eigenvalue weighted by atomic mass is 16.3. The zero-order valence-corrected chi connectivity index (χ0v) is 8.63. The first-order valence-corrected chi connectivity index (χ1v) is 4.64. The summed E-state index contributed by atoms with van der Waals surface area (Å²) in [5.41, 5.74) is -0.786. The highest BCUT2D eigenvalue weighted by Gasteiger charge is 2.18. The molecule has 0 aromatic heterocycles. The fourth-order valence-electron chi connectivity index (χ4n) is 1.11. The predicted octanol–water partition coefficient (Wildman–Crippen LogP) is 1.23. The van der Waals surface area contributed by atoms with Crippen LogP contribution in [0.25, 0.3) is 0 Å². The Balaban J connectivity index is 3.80. The standard InChI is InChI=1S/C10H19NO2/c1-4-6-9(12)11-8-10(3,13)7-5-2/h4,6,13H,5,7-8H2,1-3H3,(H,11,12)/b6-4+. The van der Waals surface area contributed by atoms with Gasteiger partial charge in [0.25, 0.3) is 0 Å². The van der Waals surface area contributed by atoms with Gasteiger partial charge in [-0.2, -0.15) is 0 Å². The Morgan fingerprint density at radius 1 is 1.62 bits per heavy atom. The maximum absolute atomic E-state index is 11.0. The molecule has 0 aliphatic heterocycles. The van der Waals surface area contributed by atoms with E-state index in [-0.39, 0.29) is 5.91 Å². The van der Waals surface area contributed by atoms with Crippen LogP contribution in [0, 0.1) is 0 Å². The van der Waals surface area contributed by atoms with Crippen LogP contribution in [-0.2, 0) is 4.79 Å². The summed E-state index contributed by atoms with van der Waals surface area (Å²) >= 11 is 0. The van der Waals surface area contributed by atoms with Gasteiger partial charge in [-0.15, -0.1) is 0 Å². The molecule has 0 fully saturated rings. The molecule has 0 saturated carbocycles. The smallest absolute Gasteiger partial charge is 0.243 e. The molecular weight excluding hydrogens is 166 g/mol. The van der Waals surface area contributed by atoms with Gasteiger partial charge in [0, 0.05) is 6.54 Å². The first-order chi connectivity index (χ1) is 6.02. The lowest BCUT2D eigenvalue weighted by molar-refractivity contribution is -0.117. The van der Waals surface area contributed by atoms with Crippen molar-refractivity contribution in [2.45, 2.75) is 39.2 Å². The van der Waals surface area contributed by atoms with E-state index in [9.17, 15) is 9.90 Å². The molecule has 0 heterocycles. The molecular formula is C10H19NO2. The molecule has 13 heavy (non-hydrogen) atoms. The minimum atomic E-state index is -0.786. The number of hydrogen-bond acceptors (Lipinski definition) is 2. The van der Waals surface area contributed by atoms with Crippen molar-refractivity contribution in [2.75, 3.05) is 6.54 Å². The zero-order valence-electron chi connectivity index (χ0n) is 8.63. The molecule has 3 heteroatoms. The van der Waals surface area contributed by atoms with Crippen molar-refractivity contribution in [1.82, 2.24) is 5.32 Å². The van der Waals surface area contributed by atoms with Gasteiger partial charge in [-0.3, -0.25) is 4.79 Å². The Kier molecular flexibility index (Phi) is 5.39. The second kappa shape index (κ2) is 5.75. The second-order valence-electron chi connectivity index (χ2n) is 3.46. The number of amides is 1. The molecule has 1 unspecified atom stereocenters. The van der Waals surface area contributed by atoms with Crippen LogP contribution in [0.4, 0.5) is 0 Å². The molecule has 0 aliphatic carbocycles. The van der Waals surface area contributed by atoms with E-state index >= 15 is 0 Å². The average molecular weight is 185 g/mol. The molecule has 0 bridgehead atoms. The van der Waals surface area contributed by atoms with Crippen LogP contribution < -0.4 is 5.32 Å². The number of hydrogen-bond donors (Lipinski definition) is 2. The van der Waals surface area contributed by atoms with E-state index in [4.69, 9.17) is 0 Å². The maximum atomic E-state index is 11.0. The Morgan fingerprint density at radius 2 is 2.23 bits per heavy atom. The van der Waals surface area contributed by atoms with E-state index in [1.165, 1.54) is 6.08 Å². The topological polar surface area (TPSA) is 49.3 Å². The van der Waals surface area contributed by atoms with Crippen LogP contribution in [0.3, 0.4) is 0 Å². The lowest BCUT2D eigenvalue weighted by Crippen LogP contribution is -2.39. The van der Waals surface area contributed by atoms with Gasteiger partial charge in [0.05, 0.1) is 5.60 Å². The summed E-state index contributed by atoms with van der Waals surface area (Å²) in [7, 11) is 0. The van der Waals surface area contributed by atoms with Crippen LogP contribution in [0.15, 0.2) is 12.2 Å². The van der Waals surface area contributed by atoms with Crippen molar-refractivity contribution in [1.29, 1.82) is 0 Å². The monoisotopic (exact) mass is 185 g/mol. The van der Waals surface area contributed by atoms with Crippen molar-refractivity contribution < 1.29 is 9.90 Å². The van der Waals surface area contributed by atoms with Gasteiger partial charge >= 0.3 is 0 Å². The van der Waals surface area contributed by atoms with Crippen molar-refractivity contribution in [2.24, 2.45) is 0 Å². The van der Waals surface area contributed by atoms with Crippen LogP contribution in [0.1, 0.15) is 33.6 Å². The van der Waals surface area contributed by atoms with Gasteiger partial charge in [0.1, 0.15) is 0 Å². The minimum Gasteiger partial charge on any atom is -0.388 e. The molecule has 0 aliphatic rings. The van der Waals surface area contributed by atoms with Gasteiger partial charge in [-0.25, -0.2) is 0 Å². The number of carbonyl (C=O) groups excluding carboxylic acids is 1. The summed E-state index contributed by atoms with van der Waals surface area (Å²) in [6, 6.07) is 0. The third-order valence-corrected chi connectivity index (χ3v) is 1.75.